The highest BCUT2D eigenvalue weighted by Gasteiger charge is 2.59. The fraction of sp³-hybridized carbons (Fsp3) is 0.333. The van der Waals surface area contributed by atoms with E-state index < -0.39 is 24.2 Å². The Morgan fingerprint density at radius 1 is 0.846 bits per heavy atom. The Labute approximate surface area is 146 Å². The van der Waals surface area contributed by atoms with Crippen LogP contribution in [0, 0.1) is 0 Å². The summed E-state index contributed by atoms with van der Waals surface area (Å²) in [6, 6.07) is 12.1. The van der Waals surface area contributed by atoms with Gasteiger partial charge in [0, 0.05) is 0 Å². The molecule has 2 aromatic carbocycles. The van der Waals surface area contributed by atoms with Gasteiger partial charge in [-0.05, 0) is 41.8 Å². The molecule has 0 aliphatic carbocycles. The summed E-state index contributed by atoms with van der Waals surface area (Å²) in [5.74, 6) is -0.303. The van der Waals surface area contributed by atoms with Gasteiger partial charge in [-0.25, -0.2) is 4.39 Å². The molecule has 0 amide bonds. The molecule has 0 spiro atoms. The first kappa shape index (κ1) is 19.9. The molecule has 8 heteroatoms. The van der Waals surface area contributed by atoms with Gasteiger partial charge in [0.15, 0.2) is 0 Å². The van der Waals surface area contributed by atoms with Crippen molar-refractivity contribution in [2.24, 2.45) is 0 Å². The molecule has 2 aromatic rings. The quantitative estimate of drug-likeness (QED) is 0.576. The van der Waals surface area contributed by atoms with Crippen LogP contribution in [0.2, 0.25) is 0 Å². The van der Waals surface area contributed by atoms with Gasteiger partial charge < -0.3 is 9.47 Å². The van der Waals surface area contributed by atoms with Gasteiger partial charge in [0.25, 0.3) is 6.17 Å². The summed E-state index contributed by atoms with van der Waals surface area (Å²) in [7, 11) is 0. The Morgan fingerprint density at radius 2 is 1.38 bits per heavy atom. The van der Waals surface area contributed by atoms with E-state index in [0.29, 0.717) is 5.75 Å². The van der Waals surface area contributed by atoms with E-state index in [9.17, 15) is 26.3 Å². The zero-order chi connectivity index (χ0) is 19.4. The third-order valence-corrected chi connectivity index (χ3v) is 3.55. The number of benzene rings is 2. The number of halogens is 6. The molecule has 0 bridgehead atoms. The number of rotatable bonds is 7. The van der Waals surface area contributed by atoms with E-state index in [2.05, 4.69) is 4.74 Å². The van der Waals surface area contributed by atoms with Gasteiger partial charge in [0.05, 0.1) is 0 Å². The molecule has 0 aromatic heterocycles. The minimum atomic E-state index is -5.72. The lowest BCUT2D eigenvalue weighted by molar-refractivity contribution is -0.304. The first-order chi connectivity index (χ1) is 12.1. The van der Waals surface area contributed by atoms with E-state index in [1.165, 1.54) is 12.1 Å². The molecule has 142 valence electrons. The first-order valence-corrected chi connectivity index (χ1v) is 7.70. The van der Waals surface area contributed by atoms with E-state index in [1.807, 2.05) is 31.2 Å². The van der Waals surface area contributed by atoms with Crippen LogP contribution in [0.25, 0.3) is 0 Å². The van der Waals surface area contributed by atoms with Crippen molar-refractivity contribution in [1.82, 2.24) is 0 Å². The third kappa shape index (κ3) is 5.06. The average Bonchev–Trinajstić information content (AvgIpc) is 2.59. The van der Waals surface area contributed by atoms with Crippen molar-refractivity contribution < 1.29 is 35.8 Å². The fourth-order valence-corrected chi connectivity index (χ4v) is 2.21. The molecule has 2 nitrogen and oxygen atoms in total. The Kier molecular flexibility index (Phi) is 6.05. The van der Waals surface area contributed by atoms with E-state index in [0.717, 1.165) is 29.7 Å². The van der Waals surface area contributed by atoms with Gasteiger partial charge >= 0.3 is 12.3 Å². The maximum absolute atomic E-state index is 13.2. The van der Waals surface area contributed by atoms with Gasteiger partial charge in [-0.2, -0.15) is 22.0 Å². The van der Waals surface area contributed by atoms with Crippen LogP contribution in [0.5, 0.6) is 11.5 Å². The molecule has 2 rings (SSSR count). The van der Waals surface area contributed by atoms with Crippen LogP contribution >= 0.6 is 0 Å². The summed E-state index contributed by atoms with van der Waals surface area (Å²) >= 11 is 0. The second kappa shape index (κ2) is 7.88. The summed E-state index contributed by atoms with van der Waals surface area (Å²) < 4.78 is 84.8. The van der Waals surface area contributed by atoms with Crippen LogP contribution in [-0.2, 0) is 13.0 Å². The number of hydrogen-bond acceptors (Lipinski definition) is 2. The second-order valence-electron chi connectivity index (χ2n) is 5.45. The minimum Gasteiger partial charge on any atom is -0.489 e. The number of aryl methyl sites for hydroxylation is 1. The highest BCUT2D eigenvalue weighted by molar-refractivity contribution is 5.32. The van der Waals surface area contributed by atoms with Crippen molar-refractivity contribution in [2.75, 3.05) is 0 Å². The smallest absolute Gasteiger partial charge is 0.439 e. The van der Waals surface area contributed by atoms with Gasteiger partial charge in [0.1, 0.15) is 18.1 Å². The Hall–Kier alpha value is -2.38. The molecule has 0 fully saturated rings. The summed E-state index contributed by atoms with van der Waals surface area (Å²) in [6.45, 7) is 2.23. The summed E-state index contributed by atoms with van der Waals surface area (Å²) in [5, 5.41) is 0. The Balaban J connectivity index is 2.00. The molecule has 1 atom stereocenters. The van der Waals surface area contributed by atoms with Crippen molar-refractivity contribution in [3.63, 3.8) is 0 Å². The van der Waals surface area contributed by atoms with Crippen molar-refractivity contribution in [2.45, 2.75) is 38.4 Å². The first-order valence-electron chi connectivity index (χ1n) is 7.70. The van der Waals surface area contributed by atoms with Crippen LogP contribution in [0.15, 0.2) is 48.5 Å². The highest BCUT2D eigenvalue weighted by Crippen LogP contribution is 2.36. The zero-order valence-electron chi connectivity index (χ0n) is 13.7. The lowest BCUT2D eigenvalue weighted by Gasteiger charge is -2.23. The molecule has 26 heavy (non-hydrogen) atoms. The average molecular weight is 378 g/mol. The fourth-order valence-electron chi connectivity index (χ4n) is 2.21. The van der Waals surface area contributed by atoms with Gasteiger partial charge in [-0.15, -0.1) is 0 Å². The zero-order valence-corrected chi connectivity index (χ0v) is 13.7. The largest absolute Gasteiger partial charge is 0.489 e. The monoisotopic (exact) mass is 378 g/mol. The molecule has 0 heterocycles. The molecule has 0 aliphatic rings. The van der Waals surface area contributed by atoms with Gasteiger partial charge in [-0.1, -0.05) is 31.2 Å². The van der Waals surface area contributed by atoms with E-state index in [1.54, 1.807) is 0 Å². The molecule has 0 radical (unpaired) electrons. The number of hydrogen-bond donors (Lipinski definition) is 0. The van der Waals surface area contributed by atoms with Crippen LogP contribution in [0.3, 0.4) is 0 Å². The molecular formula is C18H16F6O2. The maximum atomic E-state index is 13.2. The molecule has 0 aliphatic heterocycles. The third-order valence-electron chi connectivity index (χ3n) is 3.55. The summed E-state index contributed by atoms with van der Waals surface area (Å²) in [6.07, 6.45) is -14.4. The summed E-state index contributed by atoms with van der Waals surface area (Å²) in [5.41, 5.74) is 2.04. The van der Waals surface area contributed by atoms with Gasteiger partial charge in [-0.3, -0.25) is 0 Å². The molecule has 1 unspecified atom stereocenters. The van der Waals surface area contributed by atoms with Crippen molar-refractivity contribution in [3.05, 3.63) is 59.7 Å². The van der Waals surface area contributed by atoms with Crippen LogP contribution in [-0.4, -0.2) is 18.5 Å². The number of ether oxygens (including phenoxy) is 2. The van der Waals surface area contributed by atoms with Crippen molar-refractivity contribution >= 4 is 0 Å². The van der Waals surface area contributed by atoms with Crippen LogP contribution in [0.1, 0.15) is 18.1 Å². The SMILES string of the molecule is CCc1ccccc1COc1ccc(OC(F)(F)C(F)C(F)(F)F)cc1. The Bertz CT molecular complexity index is 712. The maximum Gasteiger partial charge on any atom is 0.439 e. The van der Waals surface area contributed by atoms with Crippen molar-refractivity contribution in [1.29, 1.82) is 0 Å². The second-order valence-corrected chi connectivity index (χ2v) is 5.45. The van der Waals surface area contributed by atoms with E-state index in [-0.39, 0.29) is 6.61 Å². The number of alkyl halides is 6. The molecular weight excluding hydrogens is 362 g/mol. The standard InChI is InChI=1S/C18H16F6O2/c1-2-12-5-3-4-6-13(12)11-25-14-7-9-15(10-8-14)26-18(23,24)16(19)17(20,21)22/h3-10,16H,2,11H2,1H3. The van der Waals surface area contributed by atoms with Crippen molar-refractivity contribution in [3.8, 4) is 11.5 Å². The molecule has 0 saturated carbocycles. The van der Waals surface area contributed by atoms with Crippen LogP contribution < -0.4 is 9.47 Å². The topological polar surface area (TPSA) is 18.5 Å². The summed E-state index contributed by atoms with van der Waals surface area (Å²) in [4.78, 5) is 0. The lowest BCUT2D eigenvalue weighted by atomic mass is 10.1. The predicted molar refractivity (Wildman–Crippen MR) is 83.1 cm³/mol. The predicted octanol–water partition coefficient (Wildman–Crippen LogP) is 5.70. The highest BCUT2D eigenvalue weighted by atomic mass is 19.4. The minimum absolute atomic E-state index is 0.237. The normalized spacial score (nSPS) is 13.3. The van der Waals surface area contributed by atoms with E-state index in [4.69, 9.17) is 4.74 Å². The van der Waals surface area contributed by atoms with Gasteiger partial charge in [0.2, 0.25) is 0 Å². The lowest BCUT2D eigenvalue weighted by Crippen LogP contribution is -2.45. The molecule has 0 N–H and O–H groups in total. The van der Waals surface area contributed by atoms with E-state index >= 15 is 0 Å². The molecule has 0 saturated heterocycles. The Morgan fingerprint density at radius 3 is 1.92 bits per heavy atom. The van der Waals surface area contributed by atoms with Crippen LogP contribution in [0.4, 0.5) is 26.3 Å².